The summed E-state index contributed by atoms with van der Waals surface area (Å²) in [7, 11) is 4.75. The third kappa shape index (κ3) is 2260. The van der Waals surface area contributed by atoms with Crippen LogP contribution in [-0.2, 0) is 0 Å². The second-order valence-electron chi connectivity index (χ2n) is 0.577. The van der Waals surface area contributed by atoms with Crippen LogP contribution in [0.3, 0.4) is 0 Å². The molecule has 0 rings (SSSR count). The fourth-order valence-electron chi connectivity index (χ4n) is 0. The quantitative estimate of drug-likeness (QED) is 0.350. The molecular weight excluding hydrogens is 66.0 g/mol. The summed E-state index contributed by atoms with van der Waals surface area (Å²) in [5.41, 5.74) is 0. The van der Waals surface area contributed by atoms with Crippen LogP contribution in [0.5, 0.6) is 0 Å². The lowest BCUT2D eigenvalue weighted by atomic mass is 11.3. The standard InChI is InChI=1S/C2H7N.CH3O/c1-3-2;1-2/h3H,1-2H3;1H3/q;-1/p+1. The summed E-state index contributed by atoms with van der Waals surface area (Å²) in [6.45, 7) is 0. The molecule has 0 amide bonds. The SMILES string of the molecule is C[NH2+]C.C[O-]. The predicted octanol–water partition coefficient (Wildman–Crippen LogP) is -2.21. The summed E-state index contributed by atoms with van der Waals surface area (Å²) >= 11 is 0. The van der Waals surface area contributed by atoms with Gasteiger partial charge in [-0.15, -0.1) is 0 Å². The highest BCUT2D eigenvalue weighted by atomic mass is 16.2. The van der Waals surface area contributed by atoms with Gasteiger partial charge >= 0.3 is 0 Å². The van der Waals surface area contributed by atoms with E-state index in [1.807, 2.05) is 19.4 Å². The van der Waals surface area contributed by atoms with Crippen LogP contribution in [0, 0.1) is 0 Å². The lowest BCUT2D eigenvalue weighted by Crippen LogP contribution is -2.74. The second-order valence-corrected chi connectivity index (χ2v) is 0.577. The van der Waals surface area contributed by atoms with Crippen molar-refractivity contribution < 1.29 is 10.4 Å². The molecule has 0 radical (unpaired) electrons. The van der Waals surface area contributed by atoms with Crippen LogP contribution in [-0.4, -0.2) is 21.2 Å². The van der Waals surface area contributed by atoms with Crippen LogP contribution >= 0.6 is 0 Å². The molecule has 0 aromatic heterocycles. The van der Waals surface area contributed by atoms with Gasteiger partial charge in [0.2, 0.25) is 0 Å². The first kappa shape index (κ1) is 8.87. The van der Waals surface area contributed by atoms with Crippen LogP contribution < -0.4 is 10.4 Å². The first-order valence-corrected chi connectivity index (χ1v) is 1.56. The zero-order valence-electron chi connectivity index (χ0n) is 3.99. The summed E-state index contributed by atoms with van der Waals surface area (Å²) < 4.78 is 0. The van der Waals surface area contributed by atoms with E-state index in [0.717, 1.165) is 7.11 Å². The Bertz CT molecular complexity index is 6.85. The van der Waals surface area contributed by atoms with Gasteiger partial charge in [-0.3, -0.25) is 0 Å². The molecule has 0 saturated carbocycles. The minimum atomic E-state index is 0.750. The Balaban J connectivity index is 0. The van der Waals surface area contributed by atoms with Gasteiger partial charge in [0.15, 0.2) is 0 Å². The summed E-state index contributed by atoms with van der Waals surface area (Å²) in [4.78, 5) is 0. The van der Waals surface area contributed by atoms with E-state index < -0.39 is 0 Å². The summed E-state index contributed by atoms with van der Waals surface area (Å²) in [6.07, 6.45) is 0. The van der Waals surface area contributed by atoms with E-state index >= 15 is 0 Å². The van der Waals surface area contributed by atoms with Crippen LogP contribution in [0.2, 0.25) is 0 Å². The molecule has 0 fully saturated rings. The zero-order valence-corrected chi connectivity index (χ0v) is 3.99. The molecule has 0 unspecified atom stereocenters. The zero-order chi connectivity index (χ0) is 4.71. The van der Waals surface area contributed by atoms with Crippen molar-refractivity contribution in [1.29, 1.82) is 0 Å². The number of nitrogens with two attached hydrogens (primary N) is 1. The molecule has 0 aliphatic rings. The largest absolute Gasteiger partial charge is 0.857 e. The molecule has 0 bridgehead atoms. The normalized spacial score (nSPS) is 4.80. The first-order valence-electron chi connectivity index (χ1n) is 1.56. The topological polar surface area (TPSA) is 39.7 Å². The van der Waals surface area contributed by atoms with Gasteiger partial charge < -0.3 is 10.4 Å². The van der Waals surface area contributed by atoms with Crippen molar-refractivity contribution in [3.05, 3.63) is 0 Å². The Hall–Kier alpha value is -0.0800. The average molecular weight is 77.1 g/mol. The molecule has 2 heteroatoms. The van der Waals surface area contributed by atoms with Crippen molar-refractivity contribution in [2.75, 3.05) is 21.2 Å². The van der Waals surface area contributed by atoms with Crippen LogP contribution in [0.4, 0.5) is 0 Å². The minimum Gasteiger partial charge on any atom is -0.857 e. The summed E-state index contributed by atoms with van der Waals surface area (Å²) in [5.74, 6) is 0. The van der Waals surface area contributed by atoms with Gasteiger partial charge in [0.05, 0.1) is 14.1 Å². The van der Waals surface area contributed by atoms with Gasteiger partial charge in [0.25, 0.3) is 0 Å². The predicted molar refractivity (Wildman–Crippen MR) is 19.7 cm³/mol. The van der Waals surface area contributed by atoms with Crippen molar-refractivity contribution >= 4 is 0 Å². The van der Waals surface area contributed by atoms with E-state index in [1.54, 1.807) is 0 Å². The maximum absolute atomic E-state index is 8.25. The molecule has 5 heavy (non-hydrogen) atoms. The summed E-state index contributed by atoms with van der Waals surface area (Å²) in [5, 5.41) is 10.2. The molecule has 2 N–H and O–H groups in total. The van der Waals surface area contributed by atoms with E-state index in [4.69, 9.17) is 5.11 Å². The number of hydrogen-bond acceptors (Lipinski definition) is 1. The molecule has 0 spiro atoms. The molecule has 0 aliphatic carbocycles. The fourth-order valence-corrected chi connectivity index (χ4v) is 0. The van der Waals surface area contributed by atoms with Crippen LogP contribution in [0.1, 0.15) is 0 Å². The number of quaternary nitrogens is 1. The Kier molecular flexibility index (Phi) is 70.0. The van der Waals surface area contributed by atoms with Crippen molar-refractivity contribution in [3.63, 3.8) is 0 Å². The van der Waals surface area contributed by atoms with Crippen molar-refractivity contribution in [2.45, 2.75) is 0 Å². The Labute approximate surface area is 32.8 Å². The molecule has 0 aliphatic heterocycles. The average Bonchev–Trinajstić information content (AvgIpc) is 1.46. The van der Waals surface area contributed by atoms with Crippen LogP contribution in [0.25, 0.3) is 0 Å². The van der Waals surface area contributed by atoms with Gasteiger partial charge in [0, 0.05) is 0 Å². The fraction of sp³-hybridized carbons (Fsp3) is 1.00. The third-order valence-corrected chi connectivity index (χ3v) is 0. The Morgan fingerprint density at radius 2 is 1.20 bits per heavy atom. The highest BCUT2D eigenvalue weighted by molar-refractivity contribution is 3.35. The minimum absolute atomic E-state index is 0.750. The highest BCUT2D eigenvalue weighted by Crippen LogP contribution is 0.586. The molecule has 34 valence electrons. The van der Waals surface area contributed by atoms with Gasteiger partial charge in [-0.1, -0.05) is 0 Å². The maximum Gasteiger partial charge on any atom is 0.0647 e. The van der Waals surface area contributed by atoms with E-state index in [9.17, 15) is 0 Å². The molecule has 0 aromatic carbocycles. The lowest BCUT2D eigenvalue weighted by Gasteiger charge is -1.57. The molecule has 0 saturated heterocycles. The van der Waals surface area contributed by atoms with E-state index in [-0.39, 0.29) is 0 Å². The highest BCUT2D eigenvalue weighted by Gasteiger charge is 1.29. The van der Waals surface area contributed by atoms with E-state index in [0.29, 0.717) is 0 Å². The molecule has 2 nitrogen and oxygen atoms in total. The van der Waals surface area contributed by atoms with Crippen molar-refractivity contribution in [2.24, 2.45) is 0 Å². The van der Waals surface area contributed by atoms with E-state index in [1.165, 1.54) is 0 Å². The lowest BCUT2D eigenvalue weighted by molar-refractivity contribution is -0.597. The monoisotopic (exact) mass is 77.1 g/mol. The maximum atomic E-state index is 8.25. The first-order chi connectivity index (χ1) is 2.41. The van der Waals surface area contributed by atoms with Gasteiger partial charge in [0.1, 0.15) is 0 Å². The van der Waals surface area contributed by atoms with Gasteiger partial charge in [-0.2, -0.15) is 7.11 Å². The molecule has 0 atom stereocenters. The smallest absolute Gasteiger partial charge is 0.0647 e. The number of rotatable bonds is 0. The van der Waals surface area contributed by atoms with Crippen LogP contribution in [0.15, 0.2) is 0 Å². The number of hydrogen-bond donors (Lipinski definition) is 1. The summed E-state index contributed by atoms with van der Waals surface area (Å²) in [6, 6.07) is 0. The molecule has 0 aromatic rings. The van der Waals surface area contributed by atoms with Crippen molar-refractivity contribution in [1.82, 2.24) is 0 Å². The van der Waals surface area contributed by atoms with E-state index in [2.05, 4.69) is 0 Å². The van der Waals surface area contributed by atoms with Gasteiger partial charge in [-0.05, 0) is 0 Å². The Morgan fingerprint density at radius 1 is 1.20 bits per heavy atom. The van der Waals surface area contributed by atoms with Crippen molar-refractivity contribution in [3.8, 4) is 0 Å². The third-order valence-electron chi connectivity index (χ3n) is 0. The molecular formula is C3H11NO. The second kappa shape index (κ2) is 39.5. The molecule has 0 heterocycles. The van der Waals surface area contributed by atoms with Gasteiger partial charge in [-0.25, -0.2) is 0 Å². The Morgan fingerprint density at radius 3 is 1.20 bits per heavy atom.